The number of aromatic amines is 1. The lowest BCUT2D eigenvalue weighted by Gasteiger charge is -2.35. The molecule has 0 unspecified atom stereocenters. The Balaban J connectivity index is 1.53. The van der Waals surface area contributed by atoms with Crippen LogP contribution in [0.1, 0.15) is 5.56 Å². The predicted molar refractivity (Wildman–Crippen MR) is 134 cm³/mol. The van der Waals surface area contributed by atoms with Gasteiger partial charge >= 0.3 is 0 Å². The number of ether oxygens (including phenoxy) is 1. The molecule has 170 valence electrons. The van der Waals surface area contributed by atoms with Gasteiger partial charge in [-0.1, -0.05) is 18.2 Å². The number of nitrogens with zero attached hydrogens (tertiary/aromatic N) is 4. The molecule has 0 aliphatic carbocycles. The van der Waals surface area contributed by atoms with Gasteiger partial charge in [0.05, 0.1) is 29.9 Å². The molecule has 1 aliphatic rings. The van der Waals surface area contributed by atoms with Crippen molar-refractivity contribution in [3.05, 3.63) is 54.4 Å². The second-order valence-electron chi connectivity index (χ2n) is 8.50. The van der Waals surface area contributed by atoms with Crippen molar-refractivity contribution in [2.75, 3.05) is 56.3 Å². The van der Waals surface area contributed by atoms with Gasteiger partial charge in [0.15, 0.2) is 0 Å². The Morgan fingerprint density at radius 2 is 1.91 bits per heavy atom. The SMILES string of the molecule is COc1cc(N2CCN(C)CC2)c(Nc2ncc(C)c(-c3c[nH]c4ccccc34)n2)cc1N. The van der Waals surface area contributed by atoms with Gasteiger partial charge in [-0.2, -0.15) is 0 Å². The number of anilines is 4. The molecule has 3 heterocycles. The number of piperazine rings is 1. The number of hydrogen-bond acceptors (Lipinski definition) is 7. The van der Waals surface area contributed by atoms with Crippen LogP contribution >= 0.6 is 0 Å². The van der Waals surface area contributed by atoms with Crippen molar-refractivity contribution < 1.29 is 4.74 Å². The molecule has 2 aromatic heterocycles. The molecule has 8 nitrogen and oxygen atoms in total. The summed E-state index contributed by atoms with van der Waals surface area (Å²) in [5.41, 5.74) is 12.8. The molecule has 0 spiro atoms. The molecule has 1 fully saturated rings. The lowest BCUT2D eigenvalue weighted by molar-refractivity contribution is 0.313. The second kappa shape index (κ2) is 8.63. The van der Waals surface area contributed by atoms with Crippen molar-refractivity contribution >= 4 is 33.9 Å². The summed E-state index contributed by atoms with van der Waals surface area (Å²) in [6.07, 6.45) is 3.86. The van der Waals surface area contributed by atoms with Crippen LogP contribution in [0.15, 0.2) is 48.8 Å². The molecular formula is C25H29N7O. The van der Waals surface area contributed by atoms with Crippen molar-refractivity contribution in [1.29, 1.82) is 0 Å². The average Bonchev–Trinajstić information content (AvgIpc) is 3.25. The summed E-state index contributed by atoms with van der Waals surface area (Å²) in [5.74, 6) is 1.19. The predicted octanol–water partition coefficient (Wildman–Crippen LogP) is 4.02. The number of para-hydroxylation sites is 1. The summed E-state index contributed by atoms with van der Waals surface area (Å²) < 4.78 is 5.50. The van der Waals surface area contributed by atoms with E-state index in [4.69, 9.17) is 15.5 Å². The van der Waals surface area contributed by atoms with Crippen molar-refractivity contribution in [2.45, 2.75) is 6.92 Å². The Labute approximate surface area is 193 Å². The molecule has 4 N–H and O–H groups in total. The first kappa shape index (κ1) is 21.1. The number of methoxy groups -OCH3 is 1. The third kappa shape index (κ3) is 4.05. The fraction of sp³-hybridized carbons (Fsp3) is 0.280. The van der Waals surface area contributed by atoms with Crippen LogP contribution in [0.25, 0.3) is 22.2 Å². The van der Waals surface area contributed by atoms with Crippen LogP contribution in [0.3, 0.4) is 0 Å². The summed E-state index contributed by atoms with van der Waals surface area (Å²) in [6.45, 7) is 5.87. The number of nitrogens with one attached hydrogen (secondary N) is 2. The Hall–Kier alpha value is -3.78. The number of aryl methyl sites for hydroxylation is 1. The number of aromatic nitrogens is 3. The molecule has 1 saturated heterocycles. The minimum atomic E-state index is 0.529. The van der Waals surface area contributed by atoms with E-state index in [1.807, 2.05) is 43.6 Å². The molecule has 0 saturated carbocycles. The van der Waals surface area contributed by atoms with Gasteiger partial charge in [-0.05, 0) is 31.7 Å². The van der Waals surface area contributed by atoms with Gasteiger partial charge in [-0.3, -0.25) is 0 Å². The molecule has 0 bridgehead atoms. The van der Waals surface area contributed by atoms with Gasteiger partial charge in [-0.25, -0.2) is 9.97 Å². The normalized spacial score (nSPS) is 14.6. The largest absolute Gasteiger partial charge is 0.495 e. The zero-order valence-corrected chi connectivity index (χ0v) is 19.2. The molecule has 5 rings (SSSR count). The zero-order valence-electron chi connectivity index (χ0n) is 19.2. The van der Waals surface area contributed by atoms with E-state index in [1.165, 1.54) is 0 Å². The number of benzene rings is 2. The average molecular weight is 444 g/mol. The Bertz CT molecular complexity index is 1290. The monoisotopic (exact) mass is 443 g/mol. The van der Waals surface area contributed by atoms with E-state index in [1.54, 1.807) is 7.11 Å². The van der Waals surface area contributed by atoms with Crippen LogP contribution in [0.5, 0.6) is 5.75 Å². The first-order valence-corrected chi connectivity index (χ1v) is 11.1. The molecule has 0 atom stereocenters. The highest BCUT2D eigenvalue weighted by molar-refractivity contribution is 5.95. The smallest absolute Gasteiger partial charge is 0.227 e. The first-order chi connectivity index (χ1) is 16.0. The Morgan fingerprint density at radius 3 is 2.70 bits per heavy atom. The van der Waals surface area contributed by atoms with E-state index in [2.05, 4.69) is 44.3 Å². The number of likely N-dealkylation sites (N-methyl/N-ethyl adjacent to an activating group) is 1. The van der Waals surface area contributed by atoms with Crippen LogP contribution in [0.2, 0.25) is 0 Å². The zero-order chi connectivity index (χ0) is 22.9. The maximum Gasteiger partial charge on any atom is 0.227 e. The van der Waals surface area contributed by atoms with Crippen molar-refractivity contribution in [3.8, 4) is 17.0 Å². The Kier molecular flexibility index (Phi) is 5.51. The highest BCUT2D eigenvalue weighted by Crippen LogP contribution is 2.37. The van der Waals surface area contributed by atoms with Gasteiger partial charge in [-0.15, -0.1) is 0 Å². The van der Waals surface area contributed by atoms with E-state index in [-0.39, 0.29) is 0 Å². The topological polar surface area (TPSA) is 95.3 Å². The number of nitrogen functional groups attached to an aromatic ring is 1. The summed E-state index contributed by atoms with van der Waals surface area (Å²) >= 11 is 0. The molecule has 33 heavy (non-hydrogen) atoms. The minimum absolute atomic E-state index is 0.529. The molecule has 8 heteroatoms. The van der Waals surface area contributed by atoms with Crippen LogP contribution in [0.4, 0.5) is 23.0 Å². The summed E-state index contributed by atoms with van der Waals surface area (Å²) in [6, 6.07) is 12.1. The maximum atomic E-state index is 6.26. The van der Waals surface area contributed by atoms with E-state index >= 15 is 0 Å². The molecule has 0 radical (unpaired) electrons. The van der Waals surface area contributed by atoms with Gasteiger partial charge in [0, 0.05) is 61.1 Å². The Morgan fingerprint density at radius 1 is 1.12 bits per heavy atom. The highest BCUT2D eigenvalue weighted by atomic mass is 16.5. The second-order valence-corrected chi connectivity index (χ2v) is 8.50. The lowest BCUT2D eigenvalue weighted by atomic mass is 10.1. The summed E-state index contributed by atoms with van der Waals surface area (Å²) in [7, 11) is 3.79. The fourth-order valence-corrected chi connectivity index (χ4v) is 4.33. The third-order valence-electron chi connectivity index (χ3n) is 6.25. The number of hydrogen-bond donors (Lipinski definition) is 3. The molecule has 1 aliphatic heterocycles. The molecule has 2 aromatic carbocycles. The third-order valence-corrected chi connectivity index (χ3v) is 6.25. The lowest BCUT2D eigenvalue weighted by Crippen LogP contribution is -2.44. The van der Waals surface area contributed by atoms with Crippen LogP contribution < -0.4 is 20.7 Å². The van der Waals surface area contributed by atoms with E-state index in [9.17, 15) is 0 Å². The van der Waals surface area contributed by atoms with Crippen molar-refractivity contribution in [3.63, 3.8) is 0 Å². The van der Waals surface area contributed by atoms with E-state index in [0.29, 0.717) is 17.4 Å². The standard InChI is InChI=1S/C25H29N7O/c1-16-14-28-25(30-24(16)18-15-27-20-7-5-4-6-17(18)20)29-21-12-19(26)23(33-3)13-22(21)32-10-8-31(2)9-11-32/h4-7,12-15,27H,8-11,26H2,1-3H3,(H,28,29,30). The quantitative estimate of drug-likeness (QED) is 0.401. The number of fused-ring (bicyclic) bond motifs is 1. The number of H-pyrrole nitrogens is 1. The number of nitrogens with two attached hydrogens (primary N) is 1. The summed E-state index contributed by atoms with van der Waals surface area (Å²) in [4.78, 5) is 17.5. The van der Waals surface area contributed by atoms with Gasteiger partial charge < -0.3 is 30.6 Å². The van der Waals surface area contributed by atoms with E-state index < -0.39 is 0 Å². The van der Waals surface area contributed by atoms with Gasteiger partial charge in [0.1, 0.15) is 5.75 Å². The van der Waals surface area contributed by atoms with Crippen LogP contribution in [-0.4, -0.2) is 60.2 Å². The van der Waals surface area contributed by atoms with Crippen LogP contribution in [-0.2, 0) is 0 Å². The highest BCUT2D eigenvalue weighted by Gasteiger charge is 2.20. The maximum absolute atomic E-state index is 6.26. The summed E-state index contributed by atoms with van der Waals surface area (Å²) in [5, 5.41) is 4.56. The van der Waals surface area contributed by atoms with Gasteiger partial charge in [0.2, 0.25) is 5.95 Å². The van der Waals surface area contributed by atoms with Crippen LogP contribution in [0, 0.1) is 6.92 Å². The molecule has 4 aromatic rings. The van der Waals surface area contributed by atoms with Crippen molar-refractivity contribution in [1.82, 2.24) is 19.9 Å². The van der Waals surface area contributed by atoms with Gasteiger partial charge in [0.25, 0.3) is 0 Å². The van der Waals surface area contributed by atoms with Crippen molar-refractivity contribution in [2.24, 2.45) is 0 Å². The first-order valence-electron chi connectivity index (χ1n) is 11.1. The van der Waals surface area contributed by atoms with E-state index in [0.717, 1.165) is 65.3 Å². The molecular weight excluding hydrogens is 414 g/mol. The number of rotatable bonds is 5. The molecule has 0 amide bonds. The minimum Gasteiger partial charge on any atom is -0.495 e. The fourth-order valence-electron chi connectivity index (χ4n) is 4.33.